The monoisotopic (exact) mass is 274 g/mol. The molecule has 2 rings (SSSR count). The van der Waals surface area contributed by atoms with Crippen LogP contribution in [-0.4, -0.2) is 34.2 Å². The Morgan fingerprint density at radius 2 is 2.25 bits per heavy atom. The molecule has 5 heteroatoms. The second kappa shape index (κ2) is 5.45. The summed E-state index contributed by atoms with van der Waals surface area (Å²) in [7, 11) is 1.67. The molecule has 0 unspecified atom stereocenters. The molecule has 0 N–H and O–H groups in total. The van der Waals surface area contributed by atoms with Crippen LogP contribution in [-0.2, 0) is 20.9 Å². The van der Waals surface area contributed by atoms with E-state index in [1.54, 1.807) is 33.3 Å². The molecular weight excluding hydrogens is 256 g/mol. The van der Waals surface area contributed by atoms with Gasteiger partial charge in [0, 0.05) is 38.5 Å². The van der Waals surface area contributed by atoms with E-state index in [0.717, 1.165) is 5.56 Å². The molecular formula is C15H18N2O3. The maximum Gasteiger partial charge on any atom is 0.289 e. The lowest BCUT2D eigenvalue weighted by Crippen LogP contribution is -2.37. The molecule has 0 atom stereocenters. The van der Waals surface area contributed by atoms with Crippen molar-refractivity contribution in [1.82, 2.24) is 9.88 Å². The molecule has 0 radical (unpaired) electrons. The highest BCUT2D eigenvalue weighted by Gasteiger charge is 2.32. The highest BCUT2D eigenvalue weighted by atomic mass is 16.5. The maximum atomic E-state index is 12.3. The Morgan fingerprint density at radius 3 is 2.85 bits per heavy atom. The topological polar surface area (TPSA) is 59.5 Å². The number of ketones is 1. The first-order chi connectivity index (χ1) is 9.37. The van der Waals surface area contributed by atoms with Crippen LogP contribution >= 0.6 is 0 Å². The van der Waals surface area contributed by atoms with Crippen molar-refractivity contribution in [3.63, 3.8) is 0 Å². The van der Waals surface area contributed by atoms with Crippen LogP contribution < -0.4 is 0 Å². The number of hydrogen-bond acceptors (Lipinski definition) is 4. The quantitative estimate of drug-likeness (QED) is 0.841. The minimum Gasteiger partial charge on any atom is -0.481 e. The largest absolute Gasteiger partial charge is 0.481 e. The molecule has 1 aromatic heterocycles. The Morgan fingerprint density at radius 1 is 1.50 bits per heavy atom. The van der Waals surface area contributed by atoms with Gasteiger partial charge in [0.1, 0.15) is 5.60 Å². The summed E-state index contributed by atoms with van der Waals surface area (Å²) < 4.78 is 5.60. The van der Waals surface area contributed by atoms with Gasteiger partial charge in [-0.15, -0.1) is 0 Å². The Kier molecular flexibility index (Phi) is 3.88. The van der Waals surface area contributed by atoms with Gasteiger partial charge in [0.25, 0.3) is 5.91 Å². The van der Waals surface area contributed by atoms with E-state index in [9.17, 15) is 9.59 Å². The minimum absolute atomic E-state index is 0.0839. The van der Waals surface area contributed by atoms with E-state index in [1.165, 1.54) is 11.0 Å². The standard InChI is InChI=1S/C15H18N2O3/c1-15(2)8-12(18)7-13(20-15)14(19)17(3)10-11-5-4-6-16-9-11/h4-7,9H,8,10H2,1-3H3. The lowest BCUT2D eigenvalue weighted by Gasteiger charge is -2.31. The first-order valence-corrected chi connectivity index (χ1v) is 6.45. The molecule has 0 saturated heterocycles. The summed E-state index contributed by atoms with van der Waals surface area (Å²) in [5, 5.41) is 0. The molecule has 20 heavy (non-hydrogen) atoms. The van der Waals surface area contributed by atoms with Gasteiger partial charge in [0.05, 0.1) is 0 Å². The van der Waals surface area contributed by atoms with Crippen LogP contribution in [0.5, 0.6) is 0 Å². The van der Waals surface area contributed by atoms with Crippen LogP contribution in [0.3, 0.4) is 0 Å². The Labute approximate surface area is 118 Å². The predicted octanol–water partition coefficient (Wildman–Crippen LogP) is 1.69. The number of aromatic nitrogens is 1. The molecule has 0 saturated carbocycles. The number of likely N-dealkylation sites (N-methyl/N-ethyl adjacent to an activating group) is 1. The SMILES string of the molecule is CN(Cc1cccnc1)C(=O)C1=CC(=O)CC(C)(C)O1. The summed E-state index contributed by atoms with van der Waals surface area (Å²) in [5.41, 5.74) is 0.289. The average Bonchev–Trinajstić information content (AvgIpc) is 2.36. The number of carbonyl (C=O) groups is 2. The first-order valence-electron chi connectivity index (χ1n) is 6.45. The van der Waals surface area contributed by atoms with Gasteiger partial charge in [-0.2, -0.15) is 0 Å². The van der Waals surface area contributed by atoms with E-state index in [0.29, 0.717) is 6.54 Å². The summed E-state index contributed by atoms with van der Waals surface area (Å²) in [6, 6.07) is 3.71. The molecule has 0 fully saturated rings. The fourth-order valence-electron chi connectivity index (χ4n) is 2.11. The smallest absolute Gasteiger partial charge is 0.289 e. The van der Waals surface area contributed by atoms with Crippen LogP contribution in [0.25, 0.3) is 0 Å². The van der Waals surface area contributed by atoms with Crippen molar-refractivity contribution < 1.29 is 14.3 Å². The van der Waals surface area contributed by atoms with Gasteiger partial charge in [0.15, 0.2) is 11.5 Å². The molecule has 0 bridgehead atoms. The van der Waals surface area contributed by atoms with Crippen molar-refractivity contribution >= 4 is 11.7 Å². The molecule has 1 aliphatic heterocycles. The van der Waals surface area contributed by atoms with E-state index in [2.05, 4.69) is 4.98 Å². The average molecular weight is 274 g/mol. The number of rotatable bonds is 3. The van der Waals surface area contributed by atoms with E-state index in [-0.39, 0.29) is 23.9 Å². The highest BCUT2D eigenvalue weighted by Crippen LogP contribution is 2.25. The summed E-state index contributed by atoms with van der Waals surface area (Å²) in [5.74, 6) is -0.271. The zero-order chi connectivity index (χ0) is 14.8. The number of pyridine rings is 1. The molecule has 1 amide bonds. The molecule has 106 valence electrons. The van der Waals surface area contributed by atoms with Crippen LogP contribution in [0.4, 0.5) is 0 Å². The molecule has 1 aliphatic rings. The van der Waals surface area contributed by atoms with Gasteiger partial charge in [-0.05, 0) is 25.5 Å². The Balaban J connectivity index is 2.09. The van der Waals surface area contributed by atoms with Gasteiger partial charge in [-0.3, -0.25) is 14.6 Å². The third kappa shape index (κ3) is 3.44. The first kappa shape index (κ1) is 14.2. The molecule has 0 aliphatic carbocycles. The van der Waals surface area contributed by atoms with E-state index < -0.39 is 5.60 Å². The van der Waals surface area contributed by atoms with Crippen molar-refractivity contribution in [3.8, 4) is 0 Å². The van der Waals surface area contributed by atoms with Crippen molar-refractivity contribution in [2.24, 2.45) is 0 Å². The van der Waals surface area contributed by atoms with Gasteiger partial charge in [0.2, 0.25) is 0 Å². The minimum atomic E-state index is -0.633. The van der Waals surface area contributed by atoms with Gasteiger partial charge < -0.3 is 9.64 Å². The number of carbonyl (C=O) groups excluding carboxylic acids is 2. The van der Waals surface area contributed by atoms with E-state index >= 15 is 0 Å². The van der Waals surface area contributed by atoms with Crippen molar-refractivity contribution in [1.29, 1.82) is 0 Å². The van der Waals surface area contributed by atoms with Gasteiger partial charge in [-0.1, -0.05) is 6.07 Å². The number of ether oxygens (including phenoxy) is 1. The molecule has 0 spiro atoms. The zero-order valence-corrected chi connectivity index (χ0v) is 11.9. The number of hydrogen-bond donors (Lipinski definition) is 0. The number of nitrogens with zero attached hydrogens (tertiary/aromatic N) is 2. The molecule has 5 nitrogen and oxygen atoms in total. The van der Waals surface area contributed by atoms with Crippen molar-refractivity contribution in [2.75, 3.05) is 7.05 Å². The summed E-state index contributed by atoms with van der Waals surface area (Å²) >= 11 is 0. The fraction of sp³-hybridized carbons (Fsp3) is 0.400. The van der Waals surface area contributed by atoms with Gasteiger partial charge >= 0.3 is 0 Å². The number of amides is 1. The second-order valence-corrected chi connectivity index (χ2v) is 5.54. The fourth-order valence-corrected chi connectivity index (χ4v) is 2.11. The van der Waals surface area contributed by atoms with E-state index in [4.69, 9.17) is 4.74 Å². The predicted molar refractivity (Wildman–Crippen MR) is 73.6 cm³/mol. The summed E-state index contributed by atoms with van der Waals surface area (Å²) in [6.07, 6.45) is 4.96. The molecule has 0 aromatic carbocycles. The lowest BCUT2D eigenvalue weighted by molar-refractivity contribution is -0.137. The number of allylic oxidation sites excluding steroid dienone is 1. The summed E-state index contributed by atoms with van der Waals surface area (Å²) in [6.45, 7) is 4.01. The van der Waals surface area contributed by atoms with Crippen molar-refractivity contribution in [3.05, 3.63) is 41.9 Å². The van der Waals surface area contributed by atoms with Crippen LogP contribution in [0.15, 0.2) is 36.4 Å². The van der Waals surface area contributed by atoms with E-state index in [1.807, 2.05) is 12.1 Å². The molecule has 2 heterocycles. The third-order valence-corrected chi connectivity index (χ3v) is 2.98. The van der Waals surface area contributed by atoms with Crippen molar-refractivity contribution in [2.45, 2.75) is 32.4 Å². The van der Waals surface area contributed by atoms with Crippen LogP contribution in [0, 0.1) is 0 Å². The van der Waals surface area contributed by atoms with Gasteiger partial charge in [-0.25, -0.2) is 0 Å². The van der Waals surface area contributed by atoms with Crippen LogP contribution in [0.1, 0.15) is 25.8 Å². The maximum absolute atomic E-state index is 12.3. The zero-order valence-electron chi connectivity index (χ0n) is 11.9. The lowest BCUT2D eigenvalue weighted by atomic mass is 9.98. The Hall–Kier alpha value is -2.17. The van der Waals surface area contributed by atoms with Crippen LogP contribution in [0.2, 0.25) is 0 Å². The molecule has 1 aromatic rings. The summed E-state index contributed by atoms with van der Waals surface area (Å²) in [4.78, 5) is 29.5. The highest BCUT2D eigenvalue weighted by molar-refractivity contribution is 6.01. The second-order valence-electron chi connectivity index (χ2n) is 5.54. The third-order valence-electron chi connectivity index (χ3n) is 2.98. The Bertz CT molecular complexity index is 549. The normalized spacial score (nSPS) is 17.1.